The van der Waals surface area contributed by atoms with Gasteiger partial charge in [0.15, 0.2) is 29.1 Å². The van der Waals surface area contributed by atoms with E-state index in [0.29, 0.717) is 11.6 Å². The molecule has 6 heteroatoms. The Bertz CT molecular complexity index is 1220. The van der Waals surface area contributed by atoms with Gasteiger partial charge in [-0.15, -0.1) is 0 Å². The molecule has 0 aliphatic heterocycles. The largest absolute Gasteiger partial charge is 0.206 e. The Morgan fingerprint density at radius 2 is 1.07 bits per heavy atom. The summed E-state index contributed by atoms with van der Waals surface area (Å²) in [5.41, 5.74) is 0.0478. The smallest absolute Gasteiger partial charge is 0.195 e. The maximum absolute atomic E-state index is 14.7. The van der Waals surface area contributed by atoms with E-state index < -0.39 is 40.3 Å². The van der Waals surface area contributed by atoms with E-state index in [2.05, 4.69) is 0 Å². The highest BCUT2D eigenvalue weighted by Crippen LogP contribution is 2.35. The third kappa shape index (κ3) is 2.81. The molecule has 0 spiro atoms. The Balaban J connectivity index is 1.91. The van der Waals surface area contributed by atoms with Crippen LogP contribution in [0.2, 0.25) is 0 Å². The van der Waals surface area contributed by atoms with E-state index in [1.165, 1.54) is 12.1 Å². The zero-order valence-corrected chi connectivity index (χ0v) is 14.0. The Morgan fingerprint density at radius 1 is 0.464 bits per heavy atom. The van der Waals surface area contributed by atoms with Crippen LogP contribution in [0.25, 0.3) is 33.0 Å². The average Bonchev–Trinajstić information content (AvgIpc) is 2.68. The summed E-state index contributed by atoms with van der Waals surface area (Å²) < 4.78 is 84.3. The minimum Gasteiger partial charge on any atom is -0.206 e. The molecule has 28 heavy (non-hydrogen) atoms. The van der Waals surface area contributed by atoms with Crippen LogP contribution < -0.4 is 0 Å². The van der Waals surface area contributed by atoms with Crippen LogP contribution in [0.1, 0.15) is 0 Å². The predicted octanol–water partition coefficient (Wildman–Crippen LogP) is 7.01. The Morgan fingerprint density at radius 3 is 1.71 bits per heavy atom. The van der Waals surface area contributed by atoms with Crippen LogP contribution in [0.5, 0.6) is 0 Å². The summed E-state index contributed by atoms with van der Waals surface area (Å²) in [5.74, 6) is -8.57. The van der Waals surface area contributed by atoms with Gasteiger partial charge in [-0.25, -0.2) is 26.3 Å². The van der Waals surface area contributed by atoms with E-state index in [-0.39, 0.29) is 22.1 Å². The van der Waals surface area contributed by atoms with Gasteiger partial charge in [-0.2, -0.15) is 0 Å². The Hall–Kier alpha value is -3.28. The van der Waals surface area contributed by atoms with Gasteiger partial charge in [0.1, 0.15) is 5.82 Å². The molecule has 0 amide bonds. The minimum absolute atomic E-state index is 0.0160. The normalized spacial score (nSPS) is 11.2. The minimum atomic E-state index is -1.80. The number of rotatable bonds is 2. The van der Waals surface area contributed by atoms with Crippen LogP contribution in [0, 0.1) is 34.9 Å². The number of hydrogen-bond donors (Lipinski definition) is 0. The zero-order valence-electron chi connectivity index (χ0n) is 14.0. The van der Waals surface area contributed by atoms with Gasteiger partial charge in [0.25, 0.3) is 0 Å². The molecule has 4 rings (SSSR count). The van der Waals surface area contributed by atoms with E-state index in [1.807, 2.05) is 0 Å². The molecule has 4 aromatic carbocycles. The fourth-order valence-electron chi connectivity index (χ4n) is 3.16. The van der Waals surface area contributed by atoms with Crippen LogP contribution in [0.15, 0.2) is 60.7 Å². The molecule has 0 saturated carbocycles. The highest BCUT2D eigenvalue weighted by molar-refractivity contribution is 5.89. The summed E-state index contributed by atoms with van der Waals surface area (Å²) in [5, 5.41) is -1.07. The fraction of sp³-hybridized carbons (Fsp3) is 0. The summed E-state index contributed by atoms with van der Waals surface area (Å²) >= 11 is 0. The van der Waals surface area contributed by atoms with E-state index in [4.69, 9.17) is 0 Å². The summed E-state index contributed by atoms with van der Waals surface area (Å²) in [6.07, 6.45) is 0. The van der Waals surface area contributed by atoms with Crippen molar-refractivity contribution in [1.29, 1.82) is 0 Å². The van der Waals surface area contributed by atoms with Crippen molar-refractivity contribution in [2.75, 3.05) is 0 Å². The second kappa shape index (κ2) is 6.71. The summed E-state index contributed by atoms with van der Waals surface area (Å²) in [7, 11) is 0. The quantitative estimate of drug-likeness (QED) is 0.256. The van der Waals surface area contributed by atoms with Crippen LogP contribution in [-0.4, -0.2) is 0 Å². The summed E-state index contributed by atoms with van der Waals surface area (Å²) in [6, 6.07) is 13.3. The molecule has 0 aromatic heterocycles. The zero-order chi connectivity index (χ0) is 20.0. The van der Waals surface area contributed by atoms with Crippen molar-refractivity contribution in [3.8, 4) is 22.3 Å². The first-order valence-electron chi connectivity index (χ1n) is 8.19. The average molecular weight is 388 g/mol. The highest BCUT2D eigenvalue weighted by Gasteiger charge is 2.20. The fourth-order valence-corrected chi connectivity index (χ4v) is 3.16. The first kappa shape index (κ1) is 18.1. The standard InChI is InChI=1S/C22H10F6/c23-16-9-12(8-13-10-17(24)21(27)22(28)18(13)16)15-7-6-14(19(25)20(15)26)11-4-2-1-3-5-11/h1-10H. The molecule has 0 aliphatic carbocycles. The SMILES string of the molecule is Fc1cc2cc(-c3ccc(-c4ccccc4)c(F)c3F)cc(F)c2c(F)c1F. The van der Waals surface area contributed by atoms with E-state index >= 15 is 0 Å². The Labute approximate surface area is 155 Å². The van der Waals surface area contributed by atoms with Crippen molar-refractivity contribution >= 4 is 10.8 Å². The van der Waals surface area contributed by atoms with Gasteiger partial charge >= 0.3 is 0 Å². The van der Waals surface area contributed by atoms with Gasteiger partial charge in [0, 0.05) is 11.1 Å². The van der Waals surface area contributed by atoms with Crippen molar-refractivity contribution in [2.24, 2.45) is 0 Å². The van der Waals surface area contributed by atoms with Crippen LogP contribution in [0.4, 0.5) is 26.3 Å². The molecule has 0 nitrogen and oxygen atoms in total. The molecule has 140 valence electrons. The van der Waals surface area contributed by atoms with Gasteiger partial charge in [0.05, 0.1) is 5.39 Å². The molecular weight excluding hydrogens is 378 g/mol. The van der Waals surface area contributed by atoms with E-state index in [1.54, 1.807) is 30.3 Å². The number of fused-ring (bicyclic) bond motifs is 1. The lowest BCUT2D eigenvalue weighted by Crippen LogP contribution is -1.97. The molecule has 0 unspecified atom stereocenters. The lowest BCUT2D eigenvalue weighted by atomic mass is 9.96. The molecule has 4 aromatic rings. The monoisotopic (exact) mass is 388 g/mol. The summed E-state index contributed by atoms with van der Waals surface area (Å²) in [4.78, 5) is 0. The van der Waals surface area contributed by atoms with E-state index in [9.17, 15) is 26.3 Å². The second-order valence-corrected chi connectivity index (χ2v) is 6.20. The maximum atomic E-state index is 14.7. The molecule has 0 aliphatic rings. The van der Waals surface area contributed by atoms with Crippen molar-refractivity contribution in [3.63, 3.8) is 0 Å². The predicted molar refractivity (Wildman–Crippen MR) is 94.6 cm³/mol. The molecule has 0 bridgehead atoms. The number of halogens is 6. The van der Waals surface area contributed by atoms with Gasteiger partial charge in [0.2, 0.25) is 0 Å². The second-order valence-electron chi connectivity index (χ2n) is 6.20. The van der Waals surface area contributed by atoms with Crippen LogP contribution >= 0.6 is 0 Å². The number of hydrogen-bond acceptors (Lipinski definition) is 0. The van der Waals surface area contributed by atoms with Crippen molar-refractivity contribution in [3.05, 3.63) is 95.6 Å². The Kier molecular flexibility index (Phi) is 4.34. The molecule has 0 heterocycles. The van der Waals surface area contributed by atoms with E-state index in [0.717, 1.165) is 12.1 Å². The maximum Gasteiger partial charge on any atom is 0.195 e. The number of benzene rings is 4. The third-order valence-corrected chi connectivity index (χ3v) is 4.50. The van der Waals surface area contributed by atoms with Gasteiger partial charge in [-0.3, -0.25) is 0 Å². The topological polar surface area (TPSA) is 0 Å². The van der Waals surface area contributed by atoms with Gasteiger partial charge in [-0.05, 0) is 34.7 Å². The lowest BCUT2D eigenvalue weighted by molar-refractivity contribution is 0.451. The lowest BCUT2D eigenvalue weighted by Gasteiger charge is -2.11. The van der Waals surface area contributed by atoms with Crippen molar-refractivity contribution < 1.29 is 26.3 Å². The molecule has 0 saturated heterocycles. The summed E-state index contributed by atoms with van der Waals surface area (Å²) in [6.45, 7) is 0. The van der Waals surface area contributed by atoms with Crippen molar-refractivity contribution in [1.82, 2.24) is 0 Å². The molecular formula is C22H10F6. The molecule has 0 radical (unpaired) electrons. The first-order chi connectivity index (χ1) is 13.4. The van der Waals surface area contributed by atoms with Gasteiger partial charge < -0.3 is 0 Å². The van der Waals surface area contributed by atoms with Crippen LogP contribution in [-0.2, 0) is 0 Å². The molecule has 0 fully saturated rings. The van der Waals surface area contributed by atoms with Crippen LogP contribution in [0.3, 0.4) is 0 Å². The third-order valence-electron chi connectivity index (χ3n) is 4.50. The van der Waals surface area contributed by atoms with Crippen molar-refractivity contribution in [2.45, 2.75) is 0 Å². The molecule has 0 N–H and O–H groups in total. The first-order valence-corrected chi connectivity index (χ1v) is 8.19. The van der Waals surface area contributed by atoms with Gasteiger partial charge in [-0.1, -0.05) is 42.5 Å². The highest BCUT2D eigenvalue weighted by atomic mass is 19.2. The molecule has 0 atom stereocenters.